The summed E-state index contributed by atoms with van der Waals surface area (Å²) in [7, 11) is 1.78. The summed E-state index contributed by atoms with van der Waals surface area (Å²) in [6.07, 6.45) is 1.46. The highest BCUT2D eigenvalue weighted by Gasteiger charge is 2.06. The minimum atomic E-state index is -0.403. The van der Waals surface area contributed by atoms with Crippen molar-refractivity contribution in [3.05, 3.63) is 42.2 Å². The monoisotopic (exact) mass is 461 g/mol. The zero-order valence-corrected chi connectivity index (χ0v) is 16.3. The molecule has 0 spiro atoms. The number of hydrogen-bond donors (Lipinski definition) is 3. The molecule has 1 heterocycles. The Morgan fingerprint density at radius 2 is 2.16 bits per heavy atom. The van der Waals surface area contributed by atoms with Crippen molar-refractivity contribution in [3.63, 3.8) is 0 Å². The highest BCUT2D eigenvalue weighted by Crippen LogP contribution is 2.08. The van der Waals surface area contributed by atoms with Crippen molar-refractivity contribution in [1.29, 1.82) is 0 Å². The van der Waals surface area contributed by atoms with E-state index in [0.29, 0.717) is 30.6 Å². The smallest absolute Gasteiger partial charge is 0.243 e. The van der Waals surface area contributed by atoms with Gasteiger partial charge in [0.15, 0.2) is 5.96 Å². The van der Waals surface area contributed by atoms with E-state index in [2.05, 4.69) is 31.0 Å². The van der Waals surface area contributed by atoms with Gasteiger partial charge in [-0.3, -0.25) is 9.48 Å². The van der Waals surface area contributed by atoms with Crippen molar-refractivity contribution >= 4 is 41.5 Å². The Bertz CT molecular complexity index is 719. The van der Waals surface area contributed by atoms with Gasteiger partial charge in [0.25, 0.3) is 0 Å². The van der Waals surface area contributed by atoms with Gasteiger partial charge in [-0.1, -0.05) is 6.07 Å². The third kappa shape index (κ3) is 7.03. The molecule has 136 valence electrons. The van der Waals surface area contributed by atoms with E-state index in [9.17, 15) is 9.18 Å². The standard InChI is InChI=1S/C15H20FN7O.HI/c1-3-17-15(18-8-13-20-10-21-23(13)2)19-9-14(24)22-12-6-4-5-11(16)7-12;/h4-7,10H,3,8-9H2,1-2H3,(H,22,24)(H2,17,18,19);1H. The lowest BCUT2D eigenvalue weighted by Gasteiger charge is -2.11. The Kier molecular flexibility index (Phi) is 8.81. The lowest BCUT2D eigenvalue weighted by Crippen LogP contribution is -2.41. The minimum absolute atomic E-state index is 0. The van der Waals surface area contributed by atoms with E-state index in [0.717, 1.165) is 0 Å². The molecule has 0 fully saturated rings. The first-order chi connectivity index (χ1) is 11.6. The van der Waals surface area contributed by atoms with Crippen molar-refractivity contribution in [2.45, 2.75) is 13.5 Å². The molecule has 0 aliphatic carbocycles. The SMILES string of the molecule is CCNC(=NCc1ncnn1C)NCC(=O)Nc1cccc(F)c1.I. The number of nitrogens with one attached hydrogen (secondary N) is 3. The summed E-state index contributed by atoms with van der Waals surface area (Å²) >= 11 is 0. The van der Waals surface area contributed by atoms with Gasteiger partial charge in [-0.05, 0) is 25.1 Å². The fourth-order valence-corrected chi connectivity index (χ4v) is 1.89. The molecule has 1 aromatic carbocycles. The highest BCUT2D eigenvalue weighted by molar-refractivity contribution is 14.0. The van der Waals surface area contributed by atoms with Gasteiger partial charge in [0.2, 0.25) is 5.91 Å². The molecular formula is C15H21FIN7O. The fraction of sp³-hybridized carbons (Fsp3) is 0.333. The van der Waals surface area contributed by atoms with Crippen LogP contribution in [0, 0.1) is 5.82 Å². The summed E-state index contributed by atoms with van der Waals surface area (Å²) in [6, 6.07) is 5.72. The quantitative estimate of drug-likeness (QED) is 0.342. The van der Waals surface area contributed by atoms with E-state index < -0.39 is 5.82 Å². The number of anilines is 1. The van der Waals surface area contributed by atoms with Crippen LogP contribution in [-0.2, 0) is 18.4 Å². The molecule has 3 N–H and O–H groups in total. The molecule has 0 saturated heterocycles. The number of guanidine groups is 1. The summed E-state index contributed by atoms with van der Waals surface area (Å²) in [6.45, 7) is 2.90. The second kappa shape index (κ2) is 10.6. The number of aromatic nitrogens is 3. The molecule has 1 aromatic heterocycles. The van der Waals surface area contributed by atoms with E-state index in [-0.39, 0.29) is 36.4 Å². The van der Waals surface area contributed by atoms with Crippen LogP contribution in [0.1, 0.15) is 12.7 Å². The van der Waals surface area contributed by atoms with Gasteiger partial charge in [0, 0.05) is 19.3 Å². The number of nitrogens with zero attached hydrogens (tertiary/aromatic N) is 4. The van der Waals surface area contributed by atoms with Crippen molar-refractivity contribution in [3.8, 4) is 0 Å². The normalized spacial score (nSPS) is 10.8. The zero-order valence-electron chi connectivity index (χ0n) is 14.0. The van der Waals surface area contributed by atoms with Gasteiger partial charge in [-0.2, -0.15) is 5.10 Å². The van der Waals surface area contributed by atoms with Gasteiger partial charge in [-0.25, -0.2) is 14.4 Å². The molecule has 10 heteroatoms. The lowest BCUT2D eigenvalue weighted by atomic mass is 10.3. The van der Waals surface area contributed by atoms with Crippen LogP contribution < -0.4 is 16.0 Å². The molecule has 2 aromatic rings. The predicted octanol–water partition coefficient (Wildman–Crippen LogP) is 1.27. The third-order valence-corrected chi connectivity index (χ3v) is 3.05. The second-order valence-electron chi connectivity index (χ2n) is 4.91. The third-order valence-electron chi connectivity index (χ3n) is 3.05. The highest BCUT2D eigenvalue weighted by atomic mass is 127. The predicted molar refractivity (Wildman–Crippen MR) is 104 cm³/mol. The van der Waals surface area contributed by atoms with Crippen LogP contribution in [0.5, 0.6) is 0 Å². The largest absolute Gasteiger partial charge is 0.357 e. The molecule has 0 unspecified atom stereocenters. The van der Waals surface area contributed by atoms with Gasteiger partial charge in [0.05, 0.1) is 6.54 Å². The molecule has 25 heavy (non-hydrogen) atoms. The van der Waals surface area contributed by atoms with Crippen LogP contribution in [0.4, 0.5) is 10.1 Å². The van der Waals surface area contributed by atoms with Gasteiger partial charge < -0.3 is 16.0 Å². The zero-order chi connectivity index (χ0) is 17.4. The van der Waals surface area contributed by atoms with E-state index in [1.54, 1.807) is 17.8 Å². The van der Waals surface area contributed by atoms with Crippen molar-refractivity contribution < 1.29 is 9.18 Å². The molecule has 8 nitrogen and oxygen atoms in total. The van der Waals surface area contributed by atoms with E-state index in [4.69, 9.17) is 0 Å². The number of benzene rings is 1. The summed E-state index contributed by atoms with van der Waals surface area (Å²) in [4.78, 5) is 20.3. The molecule has 2 rings (SSSR count). The van der Waals surface area contributed by atoms with Crippen LogP contribution >= 0.6 is 24.0 Å². The first kappa shape index (κ1) is 20.8. The first-order valence-corrected chi connectivity index (χ1v) is 7.49. The molecular weight excluding hydrogens is 440 g/mol. The summed E-state index contributed by atoms with van der Waals surface area (Å²) < 4.78 is 14.7. The number of halogens is 2. The van der Waals surface area contributed by atoms with Crippen LogP contribution in [0.15, 0.2) is 35.6 Å². The van der Waals surface area contributed by atoms with Crippen molar-refractivity contribution in [2.24, 2.45) is 12.0 Å². The number of aryl methyl sites for hydroxylation is 1. The Morgan fingerprint density at radius 1 is 1.36 bits per heavy atom. The Hall–Kier alpha value is -2.24. The van der Waals surface area contributed by atoms with Crippen molar-refractivity contribution in [2.75, 3.05) is 18.4 Å². The summed E-state index contributed by atoms with van der Waals surface area (Å²) in [5.41, 5.74) is 0.405. The molecule has 1 amide bonds. The van der Waals surface area contributed by atoms with Gasteiger partial charge in [-0.15, -0.1) is 24.0 Å². The molecule has 0 aliphatic rings. The number of carbonyl (C=O) groups is 1. The average molecular weight is 461 g/mol. The first-order valence-electron chi connectivity index (χ1n) is 7.49. The van der Waals surface area contributed by atoms with Gasteiger partial charge >= 0.3 is 0 Å². The molecule has 0 radical (unpaired) electrons. The number of aliphatic imine (C=N–C) groups is 1. The van der Waals surface area contributed by atoms with Gasteiger partial charge in [0.1, 0.15) is 24.5 Å². The van der Waals surface area contributed by atoms with E-state index in [1.165, 1.54) is 24.5 Å². The maximum Gasteiger partial charge on any atom is 0.243 e. The van der Waals surface area contributed by atoms with Crippen LogP contribution in [-0.4, -0.2) is 39.7 Å². The van der Waals surface area contributed by atoms with E-state index >= 15 is 0 Å². The van der Waals surface area contributed by atoms with Crippen LogP contribution in [0.3, 0.4) is 0 Å². The number of carbonyl (C=O) groups excluding carboxylic acids is 1. The Balaban J connectivity index is 0.00000312. The number of hydrogen-bond acceptors (Lipinski definition) is 4. The molecule has 0 atom stereocenters. The van der Waals surface area contributed by atoms with Crippen LogP contribution in [0.25, 0.3) is 0 Å². The number of rotatable bonds is 6. The maximum atomic E-state index is 13.1. The fourth-order valence-electron chi connectivity index (χ4n) is 1.89. The molecule has 0 saturated carbocycles. The Labute approximate surface area is 162 Å². The summed E-state index contributed by atoms with van der Waals surface area (Å²) in [5, 5.41) is 12.5. The molecule has 0 bridgehead atoms. The topological polar surface area (TPSA) is 96.2 Å². The maximum absolute atomic E-state index is 13.1. The average Bonchev–Trinajstić information content (AvgIpc) is 2.95. The summed E-state index contributed by atoms with van der Waals surface area (Å²) in [5.74, 6) is 0.482. The molecule has 0 aliphatic heterocycles. The van der Waals surface area contributed by atoms with Crippen molar-refractivity contribution in [1.82, 2.24) is 25.4 Å². The Morgan fingerprint density at radius 3 is 2.80 bits per heavy atom. The minimum Gasteiger partial charge on any atom is -0.357 e. The van der Waals surface area contributed by atoms with E-state index in [1.807, 2.05) is 6.92 Å². The lowest BCUT2D eigenvalue weighted by molar-refractivity contribution is -0.115. The number of amides is 1. The second-order valence-corrected chi connectivity index (χ2v) is 4.91. The van der Waals surface area contributed by atoms with Crippen LogP contribution in [0.2, 0.25) is 0 Å².